The fourth-order valence-electron chi connectivity index (χ4n) is 3.04. The summed E-state index contributed by atoms with van der Waals surface area (Å²) in [6.07, 6.45) is 3.64. The van der Waals surface area contributed by atoms with E-state index < -0.39 is 5.97 Å². The van der Waals surface area contributed by atoms with Gasteiger partial charge in [-0.2, -0.15) is 0 Å². The molecule has 0 aromatic heterocycles. The van der Waals surface area contributed by atoms with E-state index in [1.807, 2.05) is 6.07 Å². The second-order valence-electron chi connectivity index (χ2n) is 5.64. The van der Waals surface area contributed by atoms with Gasteiger partial charge in [0, 0.05) is 11.7 Å². The monoisotopic (exact) mass is 247 g/mol. The van der Waals surface area contributed by atoms with Crippen molar-refractivity contribution < 1.29 is 9.90 Å². The highest BCUT2D eigenvalue weighted by molar-refractivity contribution is 5.88. The van der Waals surface area contributed by atoms with Crippen LogP contribution in [0.5, 0.6) is 0 Å². The van der Waals surface area contributed by atoms with Crippen LogP contribution < -0.4 is 5.32 Å². The van der Waals surface area contributed by atoms with Gasteiger partial charge in [0.2, 0.25) is 0 Å². The lowest BCUT2D eigenvalue weighted by molar-refractivity contribution is 0.0697. The van der Waals surface area contributed by atoms with E-state index >= 15 is 0 Å². The Morgan fingerprint density at radius 3 is 2.50 bits per heavy atom. The second kappa shape index (κ2) is 5.42. The van der Waals surface area contributed by atoms with Crippen molar-refractivity contribution in [3.8, 4) is 0 Å². The van der Waals surface area contributed by atoms with Crippen molar-refractivity contribution in [2.24, 2.45) is 11.8 Å². The van der Waals surface area contributed by atoms with E-state index in [9.17, 15) is 4.79 Å². The highest BCUT2D eigenvalue weighted by atomic mass is 16.4. The molecule has 1 aliphatic carbocycles. The first-order valence-corrected chi connectivity index (χ1v) is 6.64. The Labute approximate surface area is 108 Å². The molecule has 1 aromatic carbocycles. The summed E-state index contributed by atoms with van der Waals surface area (Å²) in [5, 5.41) is 12.4. The van der Waals surface area contributed by atoms with Crippen LogP contribution in [0, 0.1) is 11.8 Å². The minimum absolute atomic E-state index is 0.344. The maximum absolute atomic E-state index is 10.9. The molecule has 1 aromatic rings. The van der Waals surface area contributed by atoms with E-state index in [4.69, 9.17) is 5.11 Å². The van der Waals surface area contributed by atoms with Crippen molar-refractivity contribution in [1.29, 1.82) is 0 Å². The Bertz CT molecular complexity index is 420. The first kappa shape index (κ1) is 12.9. The van der Waals surface area contributed by atoms with Gasteiger partial charge in [-0.05, 0) is 49.3 Å². The third-order valence-corrected chi connectivity index (χ3v) is 3.66. The number of carbonyl (C=O) groups is 1. The van der Waals surface area contributed by atoms with Crippen LogP contribution in [0.1, 0.15) is 43.5 Å². The summed E-state index contributed by atoms with van der Waals surface area (Å²) in [5.74, 6) is 0.617. The largest absolute Gasteiger partial charge is 0.478 e. The Balaban J connectivity index is 2.04. The molecule has 0 aliphatic heterocycles. The summed E-state index contributed by atoms with van der Waals surface area (Å²) < 4.78 is 0. The second-order valence-corrected chi connectivity index (χ2v) is 5.64. The number of carboxylic acids is 1. The summed E-state index contributed by atoms with van der Waals surface area (Å²) in [5.41, 5.74) is 1.26. The smallest absolute Gasteiger partial charge is 0.335 e. The molecule has 2 N–H and O–H groups in total. The minimum atomic E-state index is -0.871. The molecular formula is C15H21NO2. The molecule has 2 atom stereocenters. The predicted molar refractivity (Wildman–Crippen MR) is 73.0 cm³/mol. The highest BCUT2D eigenvalue weighted by Crippen LogP contribution is 2.30. The molecular weight excluding hydrogens is 226 g/mol. The van der Waals surface area contributed by atoms with Crippen molar-refractivity contribution in [3.63, 3.8) is 0 Å². The highest BCUT2D eigenvalue weighted by Gasteiger charge is 2.23. The molecule has 1 aliphatic rings. The molecule has 0 bridgehead atoms. The van der Waals surface area contributed by atoms with Crippen LogP contribution in [0.15, 0.2) is 24.3 Å². The zero-order chi connectivity index (χ0) is 13.1. The number of nitrogens with one attached hydrogen (secondary N) is 1. The van der Waals surface area contributed by atoms with Gasteiger partial charge in [0.1, 0.15) is 0 Å². The van der Waals surface area contributed by atoms with Crippen LogP contribution in [0.25, 0.3) is 0 Å². The van der Waals surface area contributed by atoms with Crippen molar-refractivity contribution >= 4 is 11.7 Å². The molecule has 0 heterocycles. The first-order chi connectivity index (χ1) is 8.54. The van der Waals surface area contributed by atoms with Crippen LogP contribution >= 0.6 is 0 Å². The van der Waals surface area contributed by atoms with Gasteiger partial charge in [0.15, 0.2) is 0 Å². The molecule has 0 radical (unpaired) electrons. The molecule has 3 heteroatoms. The molecule has 1 fully saturated rings. The zero-order valence-electron chi connectivity index (χ0n) is 11.0. The molecule has 2 unspecified atom stereocenters. The lowest BCUT2D eigenvalue weighted by Crippen LogP contribution is -2.30. The van der Waals surface area contributed by atoms with Gasteiger partial charge in [0.05, 0.1) is 5.56 Å². The Hall–Kier alpha value is -1.51. The average molecular weight is 247 g/mol. The quantitative estimate of drug-likeness (QED) is 0.857. The molecule has 2 rings (SSSR count). The number of aromatic carboxylic acids is 1. The first-order valence-electron chi connectivity index (χ1n) is 6.64. The Morgan fingerprint density at radius 1 is 1.22 bits per heavy atom. The summed E-state index contributed by atoms with van der Waals surface area (Å²) in [6.45, 7) is 4.58. The number of benzene rings is 1. The average Bonchev–Trinajstić information content (AvgIpc) is 2.27. The van der Waals surface area contributed by atoms with Gasteiger partial charge in [-0.1, -0.05) is 19.9 Å². The van der Waals surface area contributed by atoms with E-state index in [-0.39, 0.29) is 0 Å². The van der Waals surface area contributed by atoms with Gasteiger partial charge >= 0.3 is 5.97 Å². The Morgan fingerprint density at radius 2 is 1.89 bits per heavy atom. The molecule has 3 nitrogen and oxygen atoms in total. The molecule has 0 amide bonds. The summed E-state index contributed by atoms with van der Waals surface area (Å²) >= 11 is 0. The van der Waals surface area contributed by atoms with Crippen LogP contribution in [-0.4, -0.2) is 17.1 Å². The summed E-state index contributed by atoms with van der Waals surface area (Å²) in [6, 6.07) is 7.54. The maximum Gasteiger partial charge on any atom is 0.335 e. The van der Waals surface area contributed by atoms with Crippen molar-refractivity contribution in [2.75, 3.05) is 5.32 Å². The van der Waals surface area contributed by atoms with E-state index in [0.29, 0.717) is 11.6 Å². The zero-order valence-corrected chi connectivity index (χ0v) is 11.0. The molecule has 1 saturated carbocycles. The molecule has 0 saturated heterocycles. The number of anilines is 1. The fourth-order valence-corrected chi connectivity index (χ4v) is 3.04. The molecule has 0 spiro atoms. The van der Waals surface area contributed by atoms with Gasteiger partial charge in [0.25, 0.3) is 0 Å². The Kier molecular flexibility index (Phi) is 3.90. The number of carboxylic acid groups (broad SMARTS) is 1. The van der Waals surface area contributed by atoms with Crippen LogP contribution in [0.2, 0.25) is 0 Å². The van der Waals surface area contributed by atoms with Gasteiger partial charge < -0.3 is 10.4 Å². The lowest BCUT2D eigenvalue weighted by Gasteiger charge is -2.32. The van der Waals surface area contributed by atoms with E-state index in [0.717, 1.165) is 17.5 Å². The third-order valence-electron chi connectivity index (χ3n) is 3.66. The minimum Gasteiger partial charge on any atom is -0.478 e. The summed E-state index contributed by atoms with van der Waals surface area (Å²) in [7, 11) is 0. The normalized spacial score (nSPS) is 27.8. The van der Waals surface area contributed by atoms with E-state index in [1.54, 1.807) is 18.2 Å². The van der Waals surface area contributed by atoms with Crippen molar-refractivity contribution in [1.82, 2.24) is 0 Å². The lowest BCUT2D eigenvalue weighted by atomic mass is 9.80. The van der Waals surface area contributed by atoms with Crippen LogP contribution in [0.3, 0.4) is 0 Å². The van der Waals surface area contributed by atoms with Crippen molar-refractivity contribution in [2.45, 2.75) is 39.2 Å². The third kappa shape index (κ3) is 3.25. The maximum atomic E-state index is 10.9. The number of rotatable bonds is 3. The number of hydrogen-bond acceptors (Lipinski definition) is 2. The topological polar surface area (TPSA) is 49.3 Å². The van der Waals surface area contributed by atoms with Crippen LogP contribution in [0.4, 0.5) is 5.69 Å². The summed E-state index contributed by atoms with van der Waals surface area (Å²) in [4.78, 5) is 10.9. The number of hydrogen-bond donors (Lipinski definition) is 2. The van der Waals surface area contributed by atoms with Crippen molar-refractivity contribution in [3.05, 3.63) is 29.8 Å². The van der Waals surface area contributed by atoms with E-state index in [1.165, 1.54) is 19.3 Å². The fraction of sp³-hybridized carbons (Fsp3) is 0.533. The van der Waals surface area contributed by atoms with Gasteiger partial charge in [-0.3, -0.25) is 0 Å². The van der Waals surface area contributed by atoms with Crippen LogP contribution in [-0.2, 0) is 0 Å². The predicted octanol–water partition coefficient (Wildman–Crippen LogP) is 3.62. The molecule has 98 valence electrons. The molecule has 18 heavy (non-hydrogen) atoms. The SMILES string of the molecule is CC1CC(C)CC(Nc2cccc(C(=O)O)c2)C1. The van der Waals surface area contributed by atoms with Gasteiger partial charge in [-0.15, -0.1) is 0 Å². The standard InChI is InChI=1S/C15H21NO2/c1-10-6-11(2)8-14(7-10)16-13-5-3-4-12(9-13)15(17)18/h3-5,9-11,14,16H,6-8H2,1-2H3,(H,17,18). The van der Waals surface area contributed by atoms with E-state index in [2.05, 4.69) is 19.2 Å². The van der Waals surface area contributed by atoms with Gasteiger partial charge in [-0.25, -0.2) is 4.79 Å².